The second-order valence-electron chi connectivity index (χ2n) is 4.87. The first-order valence-electron chi connectivity index (χ1n) is 6.40. The highest BCUT2D eigenvalue weighted by Crippen LogP contribution is 2.41. The summed E-state index contributed by atoms with van der Waals surface area (Å²) in [6, 6.07) is 0. The SMILES string of the molecule is CCC1CCCCC1C(O)(CC)CC. The molecule has 2 atom stereocenters. The molecule has 1 saturated carbocycles. The van der Waals surface area contributed by atoms with Gasteiger partial charge >= 0.3 is 0 Å². The minimum absolute atomic E-state index is 0.374. The van der Waals surface area contributed by atoms with Gasteiger partial charge in [-0.2, -0.15) is 0 Å². The monoisotopic (exact) mass is 198 g/mol. The average Bonchev–Trinajstić information content (AvgIpc) is 2.28. The molecule has 1 fully saturated rings. The van der Waals surface area contributed by atoms with Crippen LogP contribution in [0.3, 0.4) is 0 Å². The average molecular weight is 198 g/mol. The van der Waals surface area contributed by atoms with Crippen LogP contribution in [0, 0.1) is 11.8 Å². The van der Waals surface area contributed by atoms with Crippen LogP contribution in [0.4, 0.5) is 0 Å². The zero-order chi connectivity index (χ0) is 10.6. The molecule has 0 radical (unpaired) electrons. The Morgan fingerprint density at radius 2 is 1.64 bits per heavy atom. The number of hydrogen-bond donors (Lipinski definition) is 1. The fourth-order valence-electron chi connectivity index (χ4n) is 3.18. The van der Waals surface area contributed by atoms with Gasteiger partial charge in [0.05, 0.1) is 5.60 Å². The molecule has 0 bridgehead atoms. The Labute approximate surface area is 88.9 Å². The third-order valence-corrected chi connectivity index (χ3v) is 4.35. The Hall–Kier alpha value is -0.0400. The molecule has 0 aromatic heterocycles. The van der Waals surface area contributed by atoms with Gasteiger partial charge in [-0.1, -0.05) is 46.5 Å². The highest BCUT2D eigenvalue weighted by Gasteiger charge is 2.38. The van der Waals surface area contributed by atoms with Gasteiger partial charge in [0.25, 0.3) is 0 Å². The molecular formula is C13H26O. The molecule has 0 spiro atoms. The predicted octanol–water partition coefficient (Wildman–Crippen LogP) is 3.75. The van der Waals surface area contributed by atoms with Crippen LogP contribution in [-0.2, 0) is 0 Å². The Morgan fingerprint density at radius 3 is 2.14 bits per heavy atom. The largest absolute Gasteiger partial charge is 0.390 e. The van der Waals surface area contributed by atoms with E-state index in [1.807, 2.05) is 0 Å². The Morgan fingerprint density at radius 1 is 1.07 bits per heavy atom. The summed E-state index contributed by atoms with van der Waals surface area (Å²) in [7, 11) is 0. The van der Waals surface area contributed by atoms with E-state index in [9.17, 15) is 5.11 Å². The molecule has 0 heterocycles. The third-order valence-electron chi connectivity index (χ3n) is 4.35. The summed E-state index contributed by atoms with van der Waals surface area (Å²) in [5, 5.41) is 10.6. The summed E-state index contributed by atoms with van der Waals surface area (Å²) in [6.45, 7) is 6.53. The van der Waals surface area contributed by atoms with Crippen LogP contribution in [0.15, 0.2) is 0 Å². The van der Waals surface area contributed by atoms with Crippen molar-refractivity contribution in [2.75, 3.05) is 0 Å². The summed E-state index contributed by atoms with van der Waals surface area (Å²) in [6.07, 6.45) is 8.37. The van der Waals surface area contributed by atoms with Gasteiger partial charge < -0.3 is 5.11 Å². The molecule has 0 aliphatic heterocycles. The van der Waals surface area contributed by atoms with Crippen LogP contribution >= 0.6 is 0 Å². The van der Waals surface area contributed by atoms with E-state index in [1.165, 1.54) is 32.1 Å². The van der Waals surface area contributed by atoms with Gasteiger partial charge in [0.1, 0.15) is 0 Å². The van der Waals surface area contributed by atoms with Gasteiger partial charge in [0, 0.05) is 0 Å². The highest BCUT2D eigenvalue weighted by molar-refractivity contribution is 4.90. The lowest BCUT2D eigenvalue weighted by atomic mass is 9.67. The third kappa shape index (κ3) is 2.31. The van der Waals surface area contributed by atoms with Gasteiger partial charge in [0.15, 0.2) is 0 Å². The number of rotatable bonds is 4. The molecule has 1 rings (SSSR count). The van der Waals surface area contributed by atoms with E-state index in [4.69, 9.17) is 0 Å². The van der Waals surface area contributed by atoms with Gasteiger partial charge in [-0.3, -0.25) is 0 Å². The van der Waals surface area contributed by atoms with Crippen molar-refractivity contribution >= 4 is 0 Å². The summed E-state index contributed by atoms with van der Waals surface area (Å²) in [4.78, 5) is 0. The van der Waals surface area contributed by atoms with Crippen molar-refractivity contribution in [3.05, 3.63) is 0 Å². The van der Waals surface area contributed by atoms with E-state index < -0.39 is 0 Å². The molecule has 0 aromatic rings. The zero-order valence-electron chi connectivity index (χ0n) is 10.1. The van der Waals surface area contributed by atoms with Crippen LogP contribution in [0.5, 0.6) is 0 Å². The Bertz CT molecular complexity index is 161. The molecule has 0 saturated heterocycles. The fourth-order valence-corrected chi connectivity index (χ4v) is 3.18. The number of aliphatic hydroxyl groups is 1. The van der Waals surface area contributed by atoms with Crippen LogP contribution in [-0.4, -0.2) is 10.7 Å². The lowest BCUT2D eigenvalue weighted by molar-refractivity contribution is -0.0638. The van der Waals surface area contributed by atoms with E-state index in [2.05, 4.69) is 20.8 Å². The second kappa shape index (κ2) is 5.16. The minimum atomic E-state index is -0.374. The quantitative estimate of drug-likeness (QED) is 0.729. The van der Waals surface area contributed by atoms with E-state index in [0.717, 1.165) is 18.8 Å². The molecule has 1 aliphatic rings. The molecule has 2 unspecified atom stereocenters. The molecule has 1 aliphatic carbocycles. The van der Waals surface area contributed by atoms with Crippen LogP contribution < -0.4 is 0 Å². The summed E-state index contributed by atoms with van der Waals surface area (Å²) < 4.78 is 0. The highest BCUT2D eigenvalue weighted by atomic mass is 16.3. The smallest absolute Gasteiger partial charge is 0.0673 e. The molecule has 1 N–H and O–H groups in total. The van der Waals surface area contributed by atoms with Gasteiger partial charge in [-0.05, 0) is 31.1 Å². The van der Waals surface area contributed by atoms with Crippen molar-refractivity contribution in [2.45, 2.75) is 71.3 Å². The van der Waals surface area contributed by atoms with Crippen molar-refractivity contribution in [1.29, 1.82) is 0 Å². The molecule has 84 valence electrons. The molecular weight excluding hydrogens is 172 g/mol. The van der Waals surface area contributed by atoms with Crippen LogP contribution in [0.1, 0.15) is 65.7 Å². The first-order valence-corrected chi connectivity index (χ1v) is 6.40. The molecule has 1 heteroatoms. The first kappa shape index (κ1) is 12.0. The summed E-state index contributed by atoms with van der Waals surface area (Å²) >= 11 is 0. The molecule has 1 nitrogen and oxygen atoms in total. The Kier molecular flexibility index (Phi) is 4.43. The molecule has 0 aromatic carbocycles. The molecule has 0 amide bonds. The lowest BCUT2D eigenvalue weighted by Crippen LogP contribution is -2.42. The maximum absolute atomic E-state index is 10.6. The first-order chi connectivity index (χ1) is 6.68. The van der Waals surface area contributed by atoms with Crippen LogP contribution in [0.25, 0.3) is 0 Å². The minimum Gasteiger partial charge on any atom is -0.390 e. The Balaban J connectivity index is 2.70. The van der Waals surface area contributed by atoms with E-state index in [1.54, 1.807) is 0 Å². The zero-order valence-corrected chi connectivity index (χ0v) is 10.1. The number of hydrogen-bond acceptors (Lipinski definition) is 1. The van der Waals surface area contributed by atoms with Crippen molar-refractivity contribution in [3.8, 4) is 0 Å². The summed E-state index contributed by atoms with van der Waals surface area (Å²) in [5.41, 5.74) is -0.374. The standard InChI is InChI=1S/C13H26O/c1-4-11-9-7-8-10-12(11)13(14,5-2)6-3/h11-12,14H,4-10H2,1-3H3. The topological polar surface area (TPSA) is 20.2 Å². The second-order valence-corrected chi connectivity index (χ2v) is 4.87. The normalized spacial score (nSPS) is 29.1. The maximum Gasteiger partial charge on any atom is 0.0673 e. The van der Waals surface area contributed by atoms with Gasteiger partial charge in [-0.15, -0.1) is 0 Å². The van der Waals surface area contributed by atoms with Crippen molar-refractivity contribution in [3.63, 3.8) is 0 Å². The van der Waals surface area contributed by atoms with Crippen molar-refractivity contribution in [1.82, 2.24) is 0 Å². The van der Waals surface area contributed by atoms with Crippen molar-refractivity contribution < 1.29 is 5.11 Å². The van der Waals surface area contributed by atoms with Crippen molar-refractivity contribution in [2.24, 2.45) is 11.8 Å². The predicted molar refractivity (Wildman–Crippen MR) is 61.3 cm³/mol. The van der Waals surface area contributed by atoms with Gasteiger partial charge in [-0.25, -0.2) is 0 Å². The van der Waals surface area contributed by atoms with Crippen LogP contribution in [0.2, 0.25) is 0 Å². The maximum atomic E-state index is 10.6. The molecule has 14 heavy (non-hydrogen) atoms. The van der Waals surface area contributed by atoms with E-state index in [0.29, 0.717) is 5.92 Å². The fraction of sp³-hybridized carbons (Fsp3) is 1.00. The van der Waals surface area contributed by atoms with E-state index in [-0.39, 0.29) is 5.60 Å². The van der Waals surface area contributed by atoms with Gasteiger partial charge in [0.2, 0.25) is 0 Å². The van der Waals surface area contributed by atoms with E-state index >= 15 is 0 Å². The lowest BCUT2D eigenvalue weighted by Gasteiger charge is -2.42. The summed E-state index contributed by atoms with van der Waals surface area (Å²) in [5.74, 6) is 1.34.